The van der Waals surface area contributed by atoms with Gasteiger partial charge in [-0.15, -0.1) is 0 Å². The SMILES string of the molecule is Cc1cc2oc3c(c(=O)c2cc1C)C(c1cccc(Br)c1)N(C)C3=O. The second-order valence-electron chi connectivity index (χ2n) is 6.48. The van der Waals surface area contributed by atoms with E-state index in [1.54, 1.807) is 11.9 Å². The number of fused-ring (bicyclic) bond motifs is 2. The number of aryl methyl sites for hydroxylation is 2. The molecule has 1 amide bonds. The summed E-state index contributed by atoms with van der Waals surface area (Å²) in [6.07, 6.45) is 0. The first-order chi connectivity index (χ1) is 11.9. The average molecular weight is 398 g/mol. The maximum absolute atomic E-state index is 13.2. The van der Waals surface area contributed by atoms with Gasteiger partial charge in [0.2, 0.25) is 5.76 Å². The molecule has 1 aromatic heterocycles. The first kappa shape index (κ1) is 16.1. The van der Waals surface area contributed by atoms with Gasteiger partial charge in [-0.1, -0.05) is 28.1 Å². The zero-order chi connectivity index (χ0) is 17.9. The number of rotatable bonds is 1. The van der Waals surface area contributed by atoms with Crippen molar-refractivity contribution in [1.29, 1.82) is 0 Å². The number of halogens is 1. The lowest BCUT2D eigenvalue weighted by atomic mass is 9.98. The summed E-state index contributed by atoms with van der Waals surface area (Å²) in [6, 6.07) is 10.9. The minimum atomic E-state index is -0.442. The van der Waals surface area contributed by atoms with Crippen molar-refractivity contribution in [3.63, 3.8) is 0 Å². The second-order valence-corrected chi connectivity index (χ2v) is 7.40. The molecule has 1 aliphatic heterocycles. The van der Waals surface area contributed by atoms with E-state index in [2.05, 4.69) is 15.9 Å². The molecule has 0 N–H and O–H groups in total. The third kappa shape index (κ3) is 2.34. The summed E-state index contributed by atoms with van der Waals surface area (Å²) in [5, 5.41) is 0.518. The molecular formula is C20H16BrNO3. The lowest BCUT2D eigenvalue weighted by Gasteiger charge is -2.20. The molecule has 126 valence electrons. The lowest BCUT2D eigenvalue weighted by molar-refractivity contribution is 0.0771. The van der Waals surface area contributed by atoms with Gasteiger partial charge in [0.25, 0.3) is 5.91 Å². The molecule has 0 radical (unpaired) electrons. The molecule has 0 saturated carbocycles. The van der Waals surface area contributed by atoms with Crippen LogP contribution < -0.4 is 5.43 Å². The Kier molecular flexibility index (Phi) is 3.58. The molecule has 1 aliphatic rings. The Labute approximate surface area is 153 Å². The molecule has 0 saturated heterocycles. The van der Waals surface area contributed by atoms with E-state index < -0.39 is 6.04 Å². The fourth-order valence-electron chi connectivity index (χ4n) is 3.41. The van der Waals surface area contributed by atoms with E-state index in [4.69, 9.17) is 4.42 Å². The van der Waals surface area contributed by atoms with Crippen molar-refractivity contribution in [2.45, 2.75) is 19.9 Å². The fourth-order valence-corrected chi connectivity index (χ4v) is 3.83. The highest BCUT2D eigenvalue weighted by Gasteiger charge is 2.40. The van der Waals surface area contributed by atoms with Gasteiger partial charge in [0.1, 0.15) is 5.58 Å². The second kappa shape index (κ2) is 5.56. The van der Waals surface area contributed by atoms with E-state index in [9.17, 15) is 9.59 Å². The van der Waals surface area contributed by atoms with Crippen molar-refractivity contribution < 1.29 is 9.21 Å². The maximum Gasteiger partial charge on any atom is 0.290 e. The van der Waals surface area contributed by atoms with Crippen LogP contribution in [0, 0.1) is 13.8 Å². The van der Waals surface area contributed by atoms with Crippen LogP contribution >= 0.6 is 15.9 Å². The van der Waals surface area contributed by atoms with Crippen LogP contribution in [-0.4, -0.2) is 17.9 Å². The van der Waals surface area contributed by atoms with E-state index in [1.807, 2.05) is 50.2 Å². The van der Waals surface area contributed by atoms with Gasteiger partial charge in [-0.3, -0.25) is 9.59 Å². The molecule has 0 spiro atoms. The molecule has 1 unspecified atom stereocenters. The van der Waals surface area contributed by atoms with Crippen LogP contribution in [0.5, 0.6) is 0 Å². The molecule has 3 aromatic rings. The standard InChI is InChI=1S/C20H16BrNO3/c1-10-7-14-15(8-11(10)2)25-19-16(18(14)23)17(22(3)20(19)24)12-5-4-6-13(21)9-12/h4-9,17H,1-3H3. The van der Waals surface area contributed by atoms with Crippen LogP contribution in [0.25, 0.3) is 11.0 Å². The van der Waals surface area contributed by atoms with Crippen LogP contribution in [0.15, 0.2) is 50.1 Å². The molecule has 4 rings (SSSR count). The lowest BCUT2D eigenvalue weighted by Crippen LogP contribution is -2.25. The summed E-state index contributed by atoms with van der Waals surface area (Å²) >= 11 is 3.46. The first-order valence-corrected chi connectivity index (χ1v) is 8.78. The number of hydrogen-bond acceptors (Lipinski definition) is 3. The zero-order valence-corrected chi connectivity index (χ0v) is 15.7. The van der Waals surface area contributed by atoms with E-state index in [1.165, 1.54) is 0 Å². The normalized spacial score (nSPS) is 16.6. The summed E-state index contributed by atoms with van der Waals surface area (Å²) in [6.45, 7) is 3.92. The zero-order valence-electron chi connectivity index (χ0n) is 14.1. The number of benzene rings is 2. The Balaban J connectivity index is 2.05. The van der Waals surface area contributed by atoms with Gasteiger partial charge >= 0.3 is 0 Å². The van der Waals surface area contributed by atoms with Gasteiger partial charge in [0.05, 0.1) is 17.0 Å². The molecular weight excluding hydrogens is 382 g/mol. The fraction of sp³-hybridized carbons (Fsp3) is 0.200. The summed E-state index contributed by atoms with van der Waals surface area (Å²) in [7, 11) is 1.70. The molecule has 4 nitrogen and oxygen atoms in total. The molecule has 2 heterocycles. The first-order valence-electron chi connectivity index (χ1n) is 7.99. The third-order valence-electron chi connectivity index (χ3n) is 4.88. The van der Waals surface area contributed by atoms with Crippen LogP contribution in [0.3, 0.4) is 0 Å². The van der Waals surface area contributed by atoms with Crippen molar-refractivity contribution in [2.75, 3.05) is 7.05 Å². The third-order valence-corrected chi connectivity index (χ3v) is 5.37. The Hall–Kier alpha value is -2.40. The minimum Gasteiger partial charge on any atom is -0.450 e. The number of amides is 1. The molecule has 1 atom stereocenters. The number of nitrogens with zero attached hydrogens (tertiary/aromatic N) is 1. The molecule has 0 bridgehead atoms. The van der Waals surface area contributed by atoms with Gasteiger partial charge in [0, 0.05) is 11.5 Å². The smallest absolute Gasteiger partial charge is 0.290 e. The Morgan fingerprint density at radius 1 is 1.08 bits per heavy atom. The molecule has 0 aliphatic carbocycles. The van der Waals surface area contributed by atoms with Crippen LogP contribution in [0.4, 0.5) is 0 Å². The number of hydrogen-bond donors (Lipinski definition) is 0. The molecule has 25 heavy (non-hydrogen) atoms. The maximum atomic E-state index is 13.2. The van der Waals surface area contributed by atoms with Gasteiger partial charge in [-0.25, -0.2) is 0 Å². The Morgan fingerprint density at radius 3 is 2.52 bits per heavy atom. The highest BCUT2D eigenvalue weighted by molar-refractivity contribution is 9.10. The van der Waals surface area contributed by atoms with E-state index in [-0.39, 0.29) is 17.1 Å². The molecule has 5 heteroatoms. The van der Waals surface area contributed by atoms with Gasteiger partial charge < -0.3 is 9.32 Å². The predicted molar refractivity (Wildman–Crippen MR) is 100 cm³/mol. The Morgan fingerprint density at radius 2 is 1.80 bits per heavy atom. The van der Waals surface area contributed by atoms with Crippen LogP contribution in [0.2, 0.25) is 0 Å². The number of carbonyl (C=O) groups is 1. The summed E-state index contributed by atoms with van der Waals surface area (Å²) in [5.74, 6) is -0.120. The van der Waals surface area contributed by atoms with Crippen molar-refractivity contribution in [2.24, 2.45) is 0 Å². The van der Waals surface area contributed by atoms with E-state index in [0.29, 0.717) is 16.5 Å². The molecule has 0 fully saturated rings. The quantitative estimate of drug-likeness (QED) is 0.613. The number of carbonyl (C=O) groups excluding carboxylic acids is 1. The van der Waals surface area contributed by atoms with Crippen molar-refractivity contribution in [1.82, 2.24) is 4.90 Å². The highest BCUT2D eigenvalue weighted by atomic mass is 79.9. The van der Waals surface area contributed by atoms with Gasteiger partial charge in [0.15, 0.2) is 5.43 Å². The predicted octanol–water partition coefficient (Wildman–Crippen LogP) is 4.35. The summed E-state index contributed by atoms with van der Waals surface area (Å²) in [5.41, 5.74) is 3.67. The largest absolute Gasteiger partial charge is 0.450 e. The van der Waals surface area contributed by atoms with Gasteiger partial charge in [-0.2, -0.15) is 0 Å². The van der Waals surface area contributed by atoms with E-state index >= 15 is 0 Å². The average Bonchev–Trinajstić information content (AvgIpc) is 2.82. The van der Waals surface area contributed by atoms with Crippen LogP contribution in [-0.2, 0) is 0 Å². The monoisotopic (exact) mass is 397 g/mol. The Bertz CT molecular complexity index is 1100. The topological polar surface area (TPSA) is 50.5 Å². The van der Waals surface area contributed by atoms with Gasteiger partial charge in [-0.05, 0) is 54.8 Å². The van der Waals surface area contributed by atoms with Crippen LogP contribution in [0.1, 0.15) is 38.9 Å². The minimum absolute atomic E-state index is 0.137. The van der Waals surface area contributed by atoms with Crippen molar-refractivity contribution in [3.05, 3.63) is 79.1 Å². The molecule has 2 aromatic carbocycles. The van der Waals surface area contributed by atoms with Crippen molar-refractivity contribution in [3.8, 4) is 0 Å². The summed E-state index contributed by atoms with van der Waals surface area (Å²) in [4.78, 5) is 27.5. The van der Waals surface area contributed by atoms with E-state index in [0.717, 1.165) is 21.2 Å². The highest BCUT2D eigenvalue weighted by Crippen LogP contribution is 2.37. The summed E-state index contributed by atoms with van der Waals surface area (Å²) < 4.78 is 6.78. The van der Waals surface area contributed by atoms with Crippen molar-refractivity contribution >= 4 is 32.8 Å².